The molecule has 0 N–H and O–H groups in total. The second-order valence-corrected chi connectivity index (χ2v) is 9.76. The van der Waals surface area contributed by atoms with E-state index in [0.29, 0.717) is 36.0 Å². The standard InChI is InChI=1S/C24H23NO7S/c1-15-12-20(16(2)25(15)18-6-9-22-23(13-18)31-11-10-30-22)21(26)14-32-24(27)17-4-7-19(8-5-17)33(3,28)29/h4-9,12-13H,10-11,14H2,1-3H3. The van der Waals surface area contributed by atoms with Gasteiger partial charge in [0.05, 0.1) is 10.5 Å². The lowest BCUT2D eigenvalue weighted by Gasteiger charge is -2.20. The molecular weight excluding hydrogens is 446 g/mol. The average Bonchev–Trinajstić information content (AvgIpc) is 3.10. The predicted octanol–water partition coefficient (Wildman–Crippen LogP) is 3.31. The predicted molar refractivity (Wildman–Crippen MR) is 120 cm³/mol. The van der Waals surface area contributed by atoms with E-state index in [-0.39, 0.29) is 16.2 Å². The van der Waals surface area contributed by atoms with Gasteiger partial charge in [0, 0.05) is 35.0 Å². The van der Waals surface area contributed by atoms with Crippen molar-refractivity contribution in [3.05, 3.63) is 71.0 Å². The molecule has 0 saturated carbocycles. The Labute approximate surface area is 191 Å². The minimum absolute atomic E-state index is 0.0988. The van der Waals surface area contributed by atoms with E-state index in [1.54, 1.807) is 6.07 Å². The molecule has 0 spiro atoms. The lowest BCUT2D eigenvalue weighted by Crippen LogP contribution is -2.16. The van der Waals surface area contributed by atoms with E-state index in [9.17, 15) is 18.0 Å². The lowest BCUT2D eigenvalue weighted by atomic mass is 10.1. The first-order chi connectivity index (χ1) is 15.6. The third kappa shape index (κ3) is 4.63. The number of sulfone groups is 1. The highest BCUT2D eigenvalue weighted by Gasteiger charge is 2.20. The number of rotatable bonds is 6. The summed E-state index contributed by atoms with van der Waals surface area (Å²) < 4.78 is 41.4. The summed E-state index contributed by atoms with van der Waals surface area (Å²) in [6.07, 6.45) is 1.08. The van der Waals surface area contributed by atoms with Crippen LogP contribution in [0.3, 0.4) is 0 Å². The van der Waals surface area contributed by atoms with E-state index >= 15 is 0 Å². The summed E-state index contributed by atoms with van der Waals surface area (Å²) >= 11 is 0. The van der Waals surface area contributed by atoms with Crippen LogP contribution in [-0.4, -0.2) is 50.8 Å². The topological polar surface area (TPSA) is 101 Å². The Balaban J connectivity index is 1.49. The highest BCUT2D eigenvalue weighted by Crippen LogP contribution is 2.33. The third-order valence-electron chi connectivity index (χ3n) is 5.37. The zero-order chi connectivity index (χ0) is 23.8. The Kier molecular flexibility index (Phi) is 5.99. The number of aryl methyl sites for hydroxylation is 1. The van der Waals surface area contributed by atoms with E-state index in [4.69, 9.17) is 14.2 Å². The highest BCUT2D eigenvalue weighted by molar-refractivity contribution is 7.90. The minimum Gasteiger partial charge on any atom is -0.486 e. The lowest BCUT2D eigenvalue weighted by molar-refractivity contribution is 0.0474. The van der Waals surface area contributed by atoms with Crippen molar-refractivity contribution in [3.63, 3.8) is 0 Å². The van der Waals surface area contributed by atoms with Gasteiger partial charge >= 0.3 is 5.97 Å². The molecule has 0 amide bonds. The van der Waals surface area contributed by atoms with Crippen LogP contribution < -0.4 is 9.47 Å². The van der Waals surface area contributed by atoms with Crippen molar-refractivity contribution in [2.24, 2.45) is 0 Å². The summed E-state index contributed by atoms with van der Waals surface area (Å²) in [5, 5.41) is 0. The van der Waals surface area contributed by atoms with E-state index in [0.717, 1.165) is 17.6 Å². The maximum absolute atomic E-state index is 12.8. The van der Waals surface area contributed by atoms with Crippen LogP contribution in [-0.2, 0) is 14.6 Å². The number of ketones is 1. The van der Waals surface area contributed by atoms with Crippen LogP contribution in [0.15, 0.2) is 53.4 Å². The van der Waals surface area contributed by atoms with Crippen molar-refractivity contribution in [1.82, 2.24) is 4.57 Å². The number of aromatic nitrogens is 1. The fourth-order valence-corrected chi connectivity index (χ4v) is 4.37. The van der Waals surface area contributed by atoms with E-state index < -0.39 is 22.4 Å². The number of fused-ring (bicyclic) bond motifs is 1. The molecule has 0 radical (unpaired) electrons. The van der Waals surface area contributed by atoms with Crippen LogP contribution in [0.1, 0.15) is 32.1 Å². The molecule has 1 aromatic heterocycles. The van der Waals surface area contributed by atoms with E-state index in [1.807, 2.05) is 36.6 Å². The van der Waals surface area contributed by atoms with Gasteiger partial charge in [-0.3, -0.25) is 4.79 Å². The third-order valence-corrected chi connectivity index (χ3v) is 6.50. The van der Waals surface area contributed by atoms with Crippen LogP contribution in [0.5, 0.6) is 11.5 Å². The number of carbonyl (C=O) groups is 2. The molecule has 8 nitrogen and oxygen atoms in total. The van der Waals surface area contributed by atoms with Gasteiger partial charge in [-0.1, -0.05) is 0 Å². The van der Waals surface area contributed by atoms with Crippen LogP contribution >= 0.6 is 0 Å². The monoisotopic (exact) mass is 469 g/mol. The van der Waals surface area contributed by atoms with Gasteiger partial charge in [-0.2, -0.15) is 0 Å². The summed E-state index contributed by atoms with van der Waals surface area (Å²) in [5.41, 5.74) is 2.99. The van der Waals surface area contributed by atoms with Crippen molar-refractivity contribution in [2.45, 2.75) is 18.7 Å². The molecule has 3 aromatic rings. The molecule has 0 atom stereocenters. The number of hydrogen-bond acceptors (Lipinski definition) is 7. The number of benzene rings is 2. The van der Waals surface area contributed by atoms with E-state index in [1.165, 1.54) is 24.3 Å². The molecule has 0 fully saturated rings. The molecule has 9 heteroatoms. The van der Waals surface area contributed by atoms with Crippen molar-refractivity contribution in [1.29, 1.82) is 0 Å². The first-order valence-corrected chi connectivity index (χ1v) is 12.1. The zero-order valence-electron chi connectivity index (χ0n) is 18.5. The fraction of sp³-hybridized carbons (Fsp3) is 0.250. The quantitative estimate of drug-likeness (QED) is 0.403. The van der Waals surface area contributed by atoms with Gasteiger partial charge < -0.3 is 18.8 Å². The molecule has 0 unspecified atom stereocenters. The van der Waals surface area contributed by atoms with Gasteiger partial charge in [0.2, 0.25) is 5.78 Å². The minimum atomic E-state index is -3.37. The second kappa shape index (κ2) is 8.74. The Morgan fingerprint density at radius 3 is 2.30 bits per heavy atom. The Morgan fingerprint density at radius 1 is 0.970 bits per heavy atom. The van der Waals surface area contributed by atoms with E-state index in [2.05, 4.69) is 0 Å². The van der Waals surface area contributed by atoms with Crippen molar-refractivity contribution in [3.8, 4) is 17.2 Å². The van der Waals surface area contributed by atoms with Gasteiger partial charge in [-0.25, -0.2) is 13.2 Å². The summed E-state index contributed by atoms with van der Waals surface area (Å²) in [5.74, 6) is 0.284. The molecule has 1 aliphatic heterocycles. The van der Waals surface area contributed by atoms with Crippen LogP contribution in [0.4, 0.5) is 0 Å². The van der Waals surface area contributed by atoms with Crippen molar-refractivity contribution >= 4 is 21.6 Å². The largest absolute Gasteiger partial charge is 0.486 e. The smallest absolute Gasteiger partial charge is 0.338 e. The molecule has 4 rings (SSSR count). The molecule has 2 aromatic carbocycles. The second-order valence-electron chi connectivity index (χ2n) is 7.74. The van der Waals surface area contributed by atoms with Gasteiger partial charge in [0.25, 0.3) is 0 Å². The number of ether oxygens (including phenoxy) is 3. The Bertz CT molecular complexity index is 1340. The molecule has 0 bridgehead atoms. The SMILES string of the molecule is Cc1cc(C(=O)COC(=O)c2ccc(S(C)(=O)=O)cc2)c(C)n1-c1ccc2c(c1)OCCO2. The average molecular weight is 470 g/mol. The molecule has 33 heavy (non-hydrogen) atoms. The zero-order valence-corrected chi connectivity index (χ0v) is 19.3. The molecular formula is C24H23NO7S. The first-order valence-electron chi connectivity index (χ1n) is 10.2. The van der Waals surface area contributed by atoms with Gasteiger partial charge in [0.15, 0.2) is 27.9 Å². The Hall–Kier alpha value is -3.59. The Morgan fingerprint density at radius 2 is 1.64 bits per heavy atom. The fourth-order valence-electron chi connectivity index (χ4n) is 3.74. The number of esters is 1. The summed E-state index contributed by atoms with van der Waals surface area (Å²) in [4.78, 5) is 25.2. The van der Waals surface area contributed by atoms with Crippen molar-refractivity contribution in [2.75, 3.05) is 26.1 Å². The maximum Gasteiger partial charge on any atom is 0.338 e. The number of Topliss-reactive ketones (excluding diaryl/α,β-unsaturated/α-hetero) is 1. The van der Waals surface area contributed by atoms with Crippen LogP contribution in [0.2, 0.25) is 0 Å². The number of hydrogen-bond donors (Lipinski definition) is 0. The van der Waals surface area contributed by atoms with Crippen LogP contribution in [0, 0.1) is 13.8 Å². The summed E-state index contributed by atoms with van der Waals surface area (Å²) in [6.45, 7) is 4.26. The highest BCUT2D eigenvalue weighted by atomic mass is 32.2. The normalized spacial score (nSPS) is 12.9. The van der Waals surface area contributed by atoms with Gasteiger partial charge in [-0.15, -0.1) is 0 Å². The molecule has 1 aliphatic rings. The molecule has 2 heterocycles. The molecule has 0 aliphatic carbocycles. The van der Waals surface area contributed by atoms with Gasteiger partial charge in [0.1, 0.15) is 13.2 Å². The number of nitrogens with zero attached hydrogens (tertiary/aromatic N) is 1. The maximum atomic E-state index is 12.8. The van der Waals surface area contributed by atoms with Crippen LogP contribution in [0.25, 0.3) is 5.69 Å². The first kappa shape index (κ1) is 22.6. The number of carbonyl (C=O) groups excluding carboxylic acids is 2. The summed E-state index contributed by atoms with van der Waals surface area (Å²) in [7, 11) is -3.37. The summed E-state index contributed by atoms with van der Waals surface area (Å²) in [6, 6.07) is 12.7. The van der Waals surface area contributed by atoms with Gasteiger partial charge in [-0.05, 0) is 56.3 Å². The van der Waals surface area contributed by atoms with Crippen molar-refractivity contribution < 1.29 is 32.2 Å². The molecule has 172 valence electrons. The molecule has 0 saturated heterocycles.